The first-order chi connectivity index (χ1) is 8.88. The number of hydrogen-bond acceptors (Lipinski definition) is 4. The zero-order chi connectivity index (χ0) is 12.6. The molecule has 4 heteroatoms. The van der Waals surface area contributed by atoms with E-state index in [1.807, 2.05) is 0 Å². The molecular formula is C14H28N2O2. The molecule has 18 heavy (non-hydrogen) atoms. The van der Waals surface area contributed by atoms with E-state index in [4.69, 9.17) is 15.2 Å². The molecule has 0 aromatic carbocycles. The summed E-state index contributed by atoms with van der Waals surface area (Å²) < 4.78 is 11.4. The number of hydrogen-bond donors (Lipinski definition) is 1. The van der Waals surface area contributed by atoms with Crippen molar-refractivity contribution in [2.24, 2.45) is 11.7 Å². The van der Waals surface area contributed by atoms with Crippen LogP contribution >= 0.6 is 0 Å². The van der Waals surface area contributed by atoms with Gasteiger partial charge in [-0.2, -0.15) is 0 Å². The van der Waals surface area contributed by atoms with E-state index in [-0.39, 0.29) is 6.29 Å². The van der Waals surface area contributed by atoms with Gasteiger partial charge < -0.3 is 20.1 Å². The number of nitrogens with two attached hydrogens (primary N) is 1. The zero-order valence-corrected chi connectivity index (χ0v) is 11.5. The van der Waals surface area contributed by atoms with Crippen LogP contribution in [0.1, 0.15) is 38.5 Å². The summed E-state index contributed by atoms with van der Waals surface area (Å²) in [5.41, 5.74) is 5.64. The zero-order valence-electron chi connectivity index (χ0n) is 11.5. The predicted molar refractivity (Wildman–Crippen MR) is 72.4 cm³/mol. The van der Waals surface area contributed by atoms with Crippen LogP contribution in [0.2, 0.25) is 0 Å². The quantitative estimate of drug-likeness (QED) is 0.784. The molecule has 2 rings (SSSR count). The van der Waals surface area contributed by atoms with Crippen LogP contribution in [-0.4, -0.2) is 50.6 Å². The molecule has 2 aliphatic rings. The number of piperidine rings is 1. The van der Waals surface area contributed by atoms with Crippen LogP contribution in [0.5, 0.6) is 0 Å². The molecule has 2 aliphatic heterocycles. The molecule has 0 aromatic heterocycles. The van der Waals surface area contributed by atoms with Gasteiger partial charge in [-0.15, -0.1) is 0 Å². The summed E-state index contributed by atoms with van der Waals surface area (Å²) >= 11 is 0. The smallest absolute Gasteiger partial charge is 0.157 e. The maximum absolute atomic E-state index is 5.79. The fraction of sp³-hybridized carbons (Fsp3) is 1.00. The van der Waals surface area contributed by atoms with Crippen molar-refractivity contribution in [3.63, 3.8) is 0 Å². The van der Waals surface area contributed by atoms with E-state index < -0.39 is 0 Å². The summed E-state index contributed by atoms with van der Waals surface area (Å²) in [4.78, 5) is 2.52. The Morgan fingerprint density at radius 2 is 2.17 bits per heavy atom. The molecule has 2 atom stereocenters. The van der Waals surface area contributed by atoms with E-state index in [2.05, 4.69) is 4.90 Å². The first kappa shape index (κ1) is 14.3. The van der Waals surface area contributed by atoms with Gasteiger partial charge in [0.05, 0.1) is 6.61 Å². The van der Waals surface area contributed by atoms with Crippen molar-refractivity contribution in [3.05, 3.63) is 0 Å². The van der Waals surface area contributed by atoms with Crippen molar-refractivity contribution < 1.29 is 9.47 Å². The number of nitrogens with zero attached hydrogens (tertiary/aromatic N) is 1. The second-order valence-corrected chi connectivity index (χ2v) is 5.55. The highest BCUT2D eigenvalue weighted by Gasteiger charge is 2.20. The van der Waals surface area contributed by atoms with E-state index in [9.17, 15) is 0 Å². The molecule has 2 fully saturated rings. The average molecular weight is 256 g/mol. The molecule has 0 saturated carbocycles. The molecule has 0 aromatic rings. The Hall–Kier alpha value is -0.160. The fourth-order valence-electron chi connectivity index (χ4n) is 2.98. The Labute approximate surface area is 111 Å². The van der Waals surface area contributed by atoms with Gasteiger partial charge in [0.25, 0.3) is 0 Å². The van der Waals surface area contributed by atoms with E-state index in [0.717, 1.165) is 38.6 Å². The molecule has 0 aliphatic carbocycles. The molecule has 106 valence electrons. The van der Waals surface area contributed by atoms with Crippen LogP contribution in [0.25, 0.3) is 0 Å². The first-order valence-electron chi connectivity index (χ1n) is 7.54. The van der Waals surface area contributed by atoms with Gasteiger partial charge in [-0.3, -0.25) is 0 Å². The molecule has 0 bridgehead atoms. The summed E-state index contributed by atoms with van der Waals surface area (Å²) in [6.07, 6.45) is 7.38. The Bertz CT molecular complexity index is 218. The van der Waals surface area contributed by atoms with Crippen LogP contribution < -0.4 is 5.73 Å². The largest absolute Gasteiger partial charge is 0.353 e. The van der Waals surface area contributed by atoms with Gasteiger partial charge in [-0.05, 0) is 57.5 Å². The average Bonchev–Trinajstić information content (AvgIpc) is 2.41. The molecule has 0 radical (unpaired) electrons. The molecule has 2 unspecified atom stereocenters. The van der Waals surface area contributed by atoms with Gasteiger partial charge >= 0.3 is 0 Å². The highest BCUT2D eigenvalue weighted by Crippen LogP contribution is 2.19. The normalized spacial score (nSPS) is 30.5. The van der Waals surface area contributed by atoms with Gasteiger partial charge in [-0.25, -0.2) is 0 Å². The standard InChI is InChI=1S/C14H28N2O2/c15-7-6-13-4-3-8-16(12-13)9-11-18-14-5-1-2-10-17-14/h13-14H,1-12,15H2. The third-order valence-electron chi connectivity index (χ3n) is 4.03. The van der Waals surface area contributed by atoms with E-state index in [1.54, 1.807) is 0 Å². The Morgan fingerprint density at radius 3 is 2.94 bits per heavy atom. The number of likely N-dealkylation sites (tertiary alicyclic amines) is 1. The molecule has 2 heterocycles. The Kier molecular flexibility index (Phi) is 6.41. The van der Waals surface area contributed by atoms with E-state index >= 15 is 0 Å². The minimum Gasteiger partial charge on any atom is -0.353 e. The number of ether oxygens (including phenoxy) is 2. The molecule has 0 spiro atoms. The minimum atomic E-state index is 0.0587. The van der Waals surface area contributed by atoms with E-state index in [1.165, 1.54) is 45.2 Å². The fourth-order valence-corrected chi connectivity index (χ4v) is 2.98. The van der Waals surface area contributed by atoms with Crippen molar-refractivity contribution in [2.75, 3.05) is 39.4 Å². The van der Waals surface area contributed by atoms with Crippen LogP contribution in [0.3, 0.4) is 0 Å². The van der Waals surface area contributed by atoms with Crippen LogP contribution in [-0.2, 0) is 9.47 Å². The Morgan fingerprint density at radius 1 is 1.22 bits per heavy atom. The molecule has 2 N–H and O–H groups in total. The van der Waals surface area contributed by atoms with E-state index in [0.29, 0.717) is 0 Å². The second kappa shape index (κ2) is 8.10. The van der Waals surface area contributed by atoms with Gasteiger partial charge in [0.2, 0.25) is 0 Å². The summed E-state index contributed by atoms with van der Waals surface area (Å²) in [6.45, 7) is 5.96. The first-order valence-corrected chi connectivity index (χ1v) is 7.54. The van der Waals surface area contributed by atoms with Gasteiger partial charge in [0.1, 0.15) is 0 Å². The third kappa shape index (κ3) is 4.84. The summed E-state index contributed by atoms with van der Waals surface area (Å²) in [5, 5.41) is 0. The molecular weight excluding hydrogens is 228 g/mol. The van der Waals surface area contributed by atoms with Crippen molar-refractivity contribution in [1.82, 2.24) is 4.90 Å². The van der Waals surface area contributed by atoms with Crippen LogP contribution in [0, 0.1) is 5.92 Å². The lowest BCUT2D eigenvalue weighted by molar-refractivity contribution is -0.164. The highest BCUT2D eigenvalue weighted by molar-refractivity contribution is 4.73. The van der Waals surface area contributed by atoms with Crippen LogP contribution in [0.4, 0.5) is 0 Å². The lowest BCUT2D eigenvalue weighted by Crippen LogP contribution is -2.39. The van der Waals surface area contributed by atoms with Crippen molar-refractivity contribution in [2.45, 2.75) is 44.8 Å². The monoisotopic (exact) mass is 256 g/mol. The topological polar surface area (TPSA) is 47.7 Å². The van der Waals surface area contributed by atoms with Crippen molar-refractivity contribution in [1.29, 1.82) is 0 Å². The lowest BCUT2D eigenvalue weighted by atomic mass is 9.95. The summed E-state index contributed by atoms with van der Waals surface area (Å²) in [5.74, 6) is 0.801. The SMILES string of the molecule is NCCC1CCCN(CCOC2CCCCO2)C1. The number of rotatable bonds is 6. The third-order valence-corrected chi connectivity index (χ3v) is 4.03. The van der Waals surface area contributed by atoms with Gasteiger partial charge in [0, 0.05) is 19.7 Å². The molecule has 2 saturated heterocycles. The molecule has 0 amide bonds. The summed E-state index contributed by atoms with van der Waals surface area (Å²) in [6, 6.07) is 0. The second-order valence-electron chi connectivity index (χ2n) is 5.55. The highest BCUT2D eigenvalue weighted by atomic mass is 16.7. The van der Waals surface area contributed by atoms with Gasteiger partial charge in [0.15, 0.2) is 6.29 Å². The lowest BCUT2D eigenvalue weighted by Gasteiger charge is -2.33. The van der Waals surface area contributed by atoms with Crippen molar-refractivity contribution >= 4 is 0 Å². The van der Waals surface area contributed by atoms with Gasteiger partial charge in [-0.1, -0.05) is 0 Å². The summed E-state index contributed by atoms with van der Waals surface area (Å²) in [7, 11) is 0. The minimum absolute atomic E-state index is 0.0587. The maximum Gasteiger partial charge on any atom is 0.157 e. The Balaban J connectivity index is 1.57. The molecule has 4 nitrogen and oxygen atoms in total. The predicted octanol–water partition coefficient (Wildman–Crippen LogP) is 1.59. The van der Waals surface area contributed by atoms with Crippen LogP contribution in [0.15, 0.2) is 0 Å². The maximum atomic E-state index is 5.79. The van der Waals surface area contributed by atoms with Crippen molar-refractivity contribution in [3.8, 4) is 0 Å².